The molecule has 0 saturated heterocycles. The topological polar surface area (TPSA) is 63.5 Å². The Morgan fingerprint density at radius 1 is 1.00 bits per heavy atom. The number of fused-ring (bicyclic) bond motifs is 1. The molecule has 0 unspecified atom stereocenters. The minimum Gasteiger partial charge on any atom is -0.504 e. The first-order chi connectivity index (χ1) is 17.4. The number of benzene rings is 1. The van der Waals surface area contributed by atoms with Crippen LogP contribution in [0, 0.1) is 0 Å². The van der Waals surface area contributed by atoms with Crippen LogP contribution in [0.3, 0.4) is 0 Å². The maximum atomic E-state index is 13.3. The number of aromatic hydroxyl groups is 1. The minimum atomic E-state index is -0.244. The molecule has 0 amide bonds. The highest BCUT2D eigenvalue weighted by Crippen LogP contribution is 2.33. The van der Waals surface area contributed by atoms with E-state index < -0.39 is 0 Å². The third kappa shape index (κ3) is 9.40. The molecule has 5 heteroatoms. The lowest BCUT2D eigenvalue weighted by molar-refractivity contribution is 0.283. The zero-order chi connectivity index (χ0) is 26.3. The summed E-state index contributed by atoms with van der Waals surface area (Å²) in [4.78, 5) is 13.3. The number of allylic oxidation sites excluding steroid dienone is 3. The lowest BCUT2D eigenvalue weighted by atomic mass is 10.1. The van der Waals surface area contributed by atoms with E-state index in [2.05, 4.69) is 52.1 Å². The fraction of sp³-hybridized carbons (Fsp3) is 0.581. The van der Waals surface area contributed by atoms with Crippen LogP contribution in [0.15, 0.2) is 46.3 Å². The molecule has 0 bridgehead atoms. The summed E-state index contributed by atoms with van der Waals surface area (Å²) in [7, 11) is 0. The molecule has 2 aromatic rings. The largest absolute Gasteiger partial charge is 0.504 e. The molecule has 0 fully saturated rings. The predicted molar refractivity (Wildman–Crippen MR) is 155 cm³/mol. The second-order valence-corrected chi connectivity index (χ2v) is 10.1. The standard InChI is InChI=1S/C31H48N2O3/c1-6-8-10-11-12-13-22-36-30-29(34)27-18-17-26(23-28(27)33(31(30)35)21-9-7-2)32-20-19-25(5)16-14-15-24(3)4/h15,17-19,23,32,34H,6-14,16,20-22H2,1-5H3. The lowest BCUT2D eigenvalue weighted by Crippen LogP contribution is -2.23. The molecule has 2 N–H and O–H groups in total. The van der Waals surface area contributed by atoms with E-state index in [0.717, 1.165) is 56.3 Å². The van der Waals surface area contributed by atoms with Gasteiger partial charge in [0, 0.05) is 24.2 Å². The van der Waals surface area contributed by atoms with Gasteiger partial charge in [-0.05, 0) is 64.7 Å². The van der Waals surface area contributed by atoms with Gasteiger partial charge in [0.15, 0.2) is 5.75 Å². The van der Waals surface area contributed by atoms with Gasteiger partial charge in [0.1, 0.15) is 0 Å². The molecule has 200 valence electrons. The Hall–Kier alpha value is -2.69. The molecule has 0 aliphatic rings. The molecular formula is C31H48N2O3. The summed E-state index contributed by atoms with van der Waals surface area (Å²) in [5.74, 6) is 0.0399. The van der Waals surface area contributed by atoms with E-state index in [1.165, 1.54) is 36.8 Å². The summed E-state index contributed by atoms with van der Waals surface area (Å²) >= 11 is 0. The van der Waals surface area contributed by atoms with Crippen molar-refractivity contribution in [2.75, 3.05) is 18.5 Å². The summed E-state index contributed by atoms with van der Waals surface area (Å²) in [5, 5.41) is 15.0. The van der Waals surface area contributed by atoms with Crippen molar-refractivity contribution in [2.45, 2.75) is 105 Å². The van der Waals surface area contributed by atoms with Gasteiger partial charge in [0.05, 0.1) is 12.1 Å². The van der Waals surface area contributed by atoms with Crippen molar-refractivity contribution in [3.8, 4) is 11.5 Å². The van der Waals surface area contributed by atoms with E-state index in [4.69, 9.17) is 4.74 Å². The summed E-state index contributed by atoms with van der Waals surface area (Å²) in [6, 6.07) is 5.81. The van der Waals surface area contributed by atoms with Crippen LogP contribution in [0.5, 0.6) is 11.5 Å². The van der Waals surface area contributed by atoms with E-state index >= 15 is 0 Å². The highest BCUT2D eigenvalue weighted by molar-refractivity contribution is 5.90. The summed E-state index contributed by atoms with van der Waals surface area (Å²) in [6.45, 7) is 12.5. The van der Waals surface area contributed by atoms with E-state index in [0.29, 0.717) is 18.5 Å². The molecule has 1 aromatic carbocycles. The smallest absolute Gasteiger partial charge is 0.297 e. The number of unbranched alkanes of at least 4 members (excludes halogenated alkanes) is 6. The van der Waals surface area contributed by atoms with Gasteiger partial charge >= 0.3 is 0 Å². The molecule has 0 radical (unpaired) electrons. The number of nitrogens with zero attached hydrogens (tertiary/aromatic N) is 1. The number of ether oxygens (including phenoxy) is 1. The third-order valence-corrected chi connectivity index (χ3v) is 6.53. The summed E-state index contributed by atoms with van der Waals surface area (Å²) < 4.78 is 7.63. The first-order valence-electron chi connectivity index (χ1n) is 13.9. The Labute approximate surface area is 218 Å². The van der Waals surface area contributed by atoms with Crippen molar-refractivity contribution >= 4 is 16.6 Å². The predicted octanol–water partition coefficient (Wildman–Crippen LogP) is 8.35. The molecule has 0 aliphatic carbocycles. The first-order valence-corrected chi connectivity index (χ1v) is 13.9. The SMILES string of the molecule is CCCCCCCCOc1c(O)c2ccc(NCC=C(C)CCC=C(C)C)cc2n(CCCC)c1=O. The second-order valence-electron chi connectivity index (χ2n) is 10.1. The van der Waals surface area contributed by atoms with Crippen molar-refractivity contribution in [3.05, 3.63) is 51.9 Å². The average Bonchev–Trinajstić information content (AvgIpc) is 2.85. The van der Waals surface area contributed by atoms with E-state index in [9.17, 15) is 9.90 Å². The minimum absolute atomic E-state index is 0.0460. The Kier molecular flexibility index (Phi) is 13.2. The van der Waals surface area contributed by atoms with Crippen molar-refractivity contribution in [3.63, 3.8) is 0 Å². The van der Waals surface area contributed by atoms with Crippen LogP contribution in [0.1, 0.15) is 98.8 Å². The number of hydrogen-bond donors (Lipinski definition) is 2. The molecule has 36 heavy (non-hydrogen) atoms. The summed E-state index contributed by atoms with van der Waals surface area (Å²) in [5.41, 5.74) is 4.13. The number of anilines is 1. The zero-order valence-electron chi connectivity index (χ0n) is 23.3. The van der Waals surface area contributed by atoms with Gasteiger partial charge in [-0.25, -0.2) is 0 Å². The molecule has 0 spiro atoms. The van der Waals surface area contributed by atoms with Gasteiger partial charge < -0.3 is 19.7 Å². The van der Waals surface area contributed by atoms with Gasteiger partial charge in [-0.2, -0.15) is 0 Å². The van der Waals surface area contributed by atoms with E-state index in [-0.39, 0.29) is 17.1 Å². The zero-order valence-corrected chi connectivity index (χ0v) is 23.3. The van der Waals surface area contributed by atoms with Crippen LogP contribution in [-0.2, 0) is 6.54 Å². The second kappa shape index (κ2) is 16.1. The van der Waals surface area contributed by atoms with Crippen molar-refractivity contribution in [2.24, 2.45) is 0 Å². The molecule has 0 saturated carbocycles. The molecular weight excluding hydrogens is 448 g/mol. The van der Waals surface area contributed by atoms with Crippen LogP contribution in [-0.4, -0.2) is 22.8 Å². The number of pyridine rings is 1. The maximum absolute atomic E-state index is 13.3. The van der Waals surface area contributed by atoms with Gasteiger partial charge in [-0.3, -0.25) is 4.79 Å². The number of hydrogen-bond acceptors (Lipinski definition) is 4. The highest BCUT2D eigenvalue weighted by Gasteiger charge is 2.18. The molecule has 0 aliphatic heterocycles. The summed E-state index contributed by atoms with van der Waals surface area (Å²) in [6.07, 6.45) is 15.3. The fourth-order valence-corrected chi connectivity index (χ4v) is 4.28. The van der Waals surface area contributed by atoms with Crippen LogP contribution in [0.25, 0.3) is 10.9 Å². The Morgan fingerprint density at radius 2 is 1.72 bits per heavy atom. The number of nitrogens with one attached hydrogen (secondary N) is 1. The molecule has 0 atom stereocenters. The quantitative estimate of drug-likeness (QED) is 0.171. The monoisotopic (exact) mass is 496 g/mol. The van der Waals surface area contributed by atoms with Gasteiger partial charge in [0.2, 0.25) is 5.75 Å². The molecule has 1 heterocycles. The van der Waals surface area contributed by atoms with Crippen LogP contribution >= 0.6 is 0 Å². The number of aromatic nitrogens is 1. The normalized spacial score (nSPS) is 11.6. The average molecular weight is 497 g/mol. The highest BCUT2D eigenvalue weighted by atomic mass is 16.5. The van der Waals surface area contributed by atoms with Crippen LogP contribution < -0.4 is 15.6 Å². The third-order valence-electron chi connectivity index (χ3n) is 6.53. The Bertz CT molecular complexity index is 1060. The molecule has 1 aromatic heterocycles. The Balaban J connectivity index is 2.17. The number of rotatable bonds is 17. The van der Waals surface area contributed by atoms with E-state index in [1.807, 2.05) is 18.2 Å². The van der Waals surface area contributed by atoms with E-state index in [1.54, 1.807) is 4.57 Å². The van der Waals surface area contributed by atoms with Crippen LogP contribution in [0.2, 0.25) is 0 Å². The van der Waals surface area contributed by atoms with Gasteiger partial charge in [0.25, 0.3) is 5.56 Å². The molecule has 2 rings (SSSR count). The maximum Gasteiger partial charge on any atom is 0.297 e. The van der Waals surface area contributed by atoms with Crippen molar-refractivity contribution in [1.29, 1.82) is 0 Å². The van der Waals surface area contributed by atoms with Crippen LogP contribution in [0.4, 0.5) is 5.69 Å². The lowest BCUT2D eigenvalue weighted by Gasteiger charge is -2.16. The van der Waals surface area contributed by atoms with Crippen molar-refractivity contribution < 1.29 is 9.84 Å². The Morgan fingerprint density at radius 3 is 2.44 bits per heavy atom. The first kappa shape index (κ1) is 29.5. The van der Waals surface area contributed by atoms with Gasteiger partial charge in [-0.15, -0.1) is 0 Å². The number of aryl methyl sites for hydroxylation is 1. The van der Waals surface area contributed by atoms with Gasteiger partial charge in [-0.1, -0.05) is 75.7 Å². The fourth-order valence-electron chi connectivity index (χ4n) is 4.28. The van der Waals surface area contributed by atoms with Crippen molar-refractivity contribution in [1.82, 2.24) is 4.57 Å². The molecule has 5 nitrogen and oxygen atoms in total.